The van der Waals surface area contributed by atoms with Gasteiger partial charge in [0.15, 0.2) is 11.6 Å². The van der Waals surface area contributed by atoms with Crippen molar-refractivity contribution in [2.24, 2.45) is 0 Å². The van der Waals surface area contributed by atoms with Crippen molar-refractivity contribution < 1.29 is 9.50 Å². The van der Waals surface area contributed by atoms with Gasteiger partial charge in [-0.25, -0.2) is 4.39 Å². The number of halogens is 1. The Bertz CT molecular complexity index is 468. The third kappa shape index (κ3) is 1.13. The van der Waals surface area contributed by atoms with E-state index in [2.05, 4.69) is 4.98 Å². The van der Waals surface area contributed by atoms with Crippen molar-refractivity contribution >= 4 is 10.9 Å². The molecule has 0 amide bonds. The summed E-state index contributed by atoms with van der Waals surface area (Å²) < 4.78 is 13.0. The predicted molar refractivity (Wildman–Crippen MR) is 48.1 cm³/mol. The minimum absolute atomic E-state index is 0.325. The molecule has 0 aliphatic rings. The highest BCUT2D eigenvalue weighted by atomic mass is 19.1. The van der Waals surface area contributed by atoms with E-state index >= 15 is 0 Å². The highest BCUT2D eigenvalue weighted by Gasteiger charge is 2.08. The molecule has 0 unspecified atom stereocenters. The molecule has 13 heavy (non-hydrogen) atoms. The summed E-state index contributed by atoms with van der Waals surface area (Å²) in [5, 5.41) is 9.83. The molecular formula is C10H8FNO. The molecule has 1 N–H and O–H groups in total. The minimum Gasteiger partial charge on any atom is -0.504 e. The van der Waals surface area contributed by atoms with Crippen molar-refractivity contribution in [3.63, 3.8) is 0 Å². The van der Waals surface area contributed by atoms with Gasteiger partial charge in [-0.15, -0.1) is 0 Å². The lowest BCUT2D eigenvalue weighted by Gasteiger charge is -2.03. The molecule has 1 heterocycles. The number of rotatable bonds is 0. The van der Waals surface area contributed by atoms with Gasteiger partial charge in [0, 0.05) is 11.6 Å². The van der Waals surface area contributed by atoms with Crippen LogP contribution in [0.4, 0.5) is 4.39 Å². The number of hydrogen-bond donors (Lipinski definition) is 1. The second-order valence-corrected chi connectivity index (χ2v) is 2.92. The first kappa shape index (κ1) is 7.98. The van der Waals surface area contributed by atoms with Crippen molar-refractivity contribution in [3.05, 3.63) is 35.8 Å². The van der Waals surface area contributed by atoms with Crippen LogP contribution in [0.1, 0.15) is 5.56 Å². The Labute approximate surface area is 74.7 Å². The lowest BCUT2D eigenvalue weighted by atomic mass is 10.1. The van der Waals surface area contributed by atoms with E-state index in [1.165, 1.54) is 6.07 Å². The van der Waals surface area contributed by atoms with E-state index in [1.54, 1.807) is 25.3 Å². The SMILES string of the molecule is Cc1cc(F)c(O)c2cccnc12. The first-order chi connectivity index (χ1) is 6.20. The number of phenolic OH excluding ortho intramolecular Hbond substituents is 1. The normalized spacial score (nSPS) is 10.6. The first-order valence-corrected chi connectivity index (χ1v) is 3.93. The number of hydrogen-bond acceptors (Lipinski definition) is 2. The Kier molecular flexibility index (Phi) is 1.65. The van der Waals surface area contributed by atoms with Crippen LogP contribution in [-0.2, 0) is 0 Å². The standard InChI is InChI=1S/C10H8FNO/c1-6-5-8(11)10(13)7-3-2-4-12-9(6)7/h2-5,13H,1H3. The van der Waals surface area contributed by atoms with Crippen LogP contribution in [0.25, 0.3) is 10.9 Å². The van der Waals surface area contributed by atoms with E-state index in [0.29, 0.717) is 10.9 Å². The highest BCUT2D eigenvalue weighted by Crippen LogP contribution is 2.28. The maximum Gasteiger partial charge on any atom is 0.165 e. The van der Waals surface area contributed by atoms with E-state index < -0.39 is 5.82 Å². The molecule has 0 radical (unpaired) electrons. The first-order valence-electron chi connectivity index (χ1n) is 3.93. The Morgan fingerprint density at radius 1 is 1.46 bits per heavy atom. The van der Waals surface area contributed by atoms with Gasteiger partial charge in [0.2, 0.25) is 0 Å². The van der Waals surface area contributed by atoms with Gasteiger partial charge >= 0.3 is 0 Å². The molecular weight excluding hydrogens is 169 g/mol. The van der Waals surface area contributed by atoms with E-state index in [1.807, 2.05) is 0 Å². The molecule has 66 valence electrons. The quantitative estimate of drug-likeness (QED) is 0.670. The molecule has 0 spiro atoms. The Balaban J connectivity index is 2.97. The van der Waals surface area contributed by atoms with E-state index in [4.69, 9.17) is 0 Å². The monoisotopic (exact) mass is 177 g/mol. The molecule has 2 nitrogen and oxygen atoms in total. The fourth-order valence-electron chi connectivity index (χ4n) is 1.37. The van der Waals surface area contributed by atoms with Crippen LogP contribution in [0.3, 0.4) is 0 Å². The summed E-state index contributed by atoms with van der Waals surface area (Å²) in [4.78, 5) is 4.06. The zero-order chi connectivity index (χ0) is 9.42. The molecule has 1 aromatic carbocycles. The number of nitrogens with zero attached hydrogens (tertiary/aromatic N) is 1. The lowest BCUT2D eigenvalue weighted by molar-refractivity contribution is 0.438. The summed E-state index contributed by atoms with van der Waals surface area (Å²) in [5.74, 6) is -0.924. The van der Waals surface area contributed by atoms with Gasteiger partial charge in [-0.1, -0.05) is 0 Å². The number of phenols is 1. The summed E-state index contributed by atoms with van der Waals surface area (Å²) >= 11 is 0. The van der Waals surface area contributed by atoms with Crippen LogP contribution < -0.4 is 0 Å². The Morgan fingerprint density at radius 3 is 3.00 bits per heavy atom. The fraction of sp³-hybridized carbons (Fsp3) is 0.100. The van der Waals surface area contributed by atoms with Crippen molar-refractivity contribution in [3.8, 4) is 5.75 Å². The summed E-state index contributed by atoms with van der Waals surface area (Å²) in [5.41, 5.74) is 1.37. The van der Waals surface area contributed by atoms with Crippen molar-refractivity contribution in [2.75, 3.05) is 0 Å². The zero-order valence-corrected chi connectivity index (χ0v) is 7.08. The van der Waals surface area contributed by atoms with Crippen molar-refractivity contribution in [1.82, 2.24) is 4.98 Å². The van der Waals surface area contributed by atoms with Gasteiger partial charge in [0.05, 0.1) is 5.52 Å². The Morgan fingerprint density at radius 2 is 2.23 bits per heavy atom. The average molecular weight is 177 g/mol. The van der Waals surface area contributed by atoms with Crippen LogP contribution in [0.2, 0.25) is 0 Å². The van der Waals surface area contributed by atoms with Crippen molar-refractivity contribution in [2.45, 2.75) is 6.92 Å². The van der Waals surface area contributed by atoms with Gasteiger partial charge in [0.25, 0.3) is 0 Å². The number of pyridine rings is 1. The van der Waals surface area contributed by atoms with Gasteiger partial charge in [-0.05, 0) is 30.7 Å². The molecule has 0 saturated heterocycles. The number of aromatic hydroxyl groups is 1. The third-order valence-corrected chi connectivity index (χ3v) is 2.01. The summed E-state index contributed by atoms with van der Waals surface area (Å²) in [6.07, 6.45) is 1.62. The average Bonchev–Trinajstić information content (AvgIpc) is 2.15. The second kappa shape index (κ2) is 2.69. The second-order valence-electron chi connectivity index (χ2n) is 2.92. The van der Waals surface area contributed by atoms with Gasteiger partial charge in [0.1, 0.15) is 0 Å². The maximum atomic E-state index is 13.0. The van der Waals surface area contributed by atoms with Gasteiger partial charge in [-0.2, -0.15) is 0 Å². The largest absolute Gasteiger partial charge is 0.504 e. The molecule has 1 aromatic heterocycles. The van der Waals surface area contributed by atoms with Gasteiger partial charge < -0.3 is 5.11 Å². The molecule has 3 heteroatoms. The summed E-state index contributed by atoms with van der Waals surface area (Å²) in [6, 6.07) is 4.60. The molecule has 0 fully saturated rings. The predicted octanol–water partition coefficient (Wildman–Crippen LogP) is 2.39. The Hall–Kier alpha value is -1.64. The molecule has 0 bridgehead atoms. The van der Waals surface area contributed by atoms with Gasteiger partial charge in [-0.3, -0.25) is 4.98 Å². The zero-order valence-electron chi connectivity index (χ0n) is 7.08. The lowest BCUT2D eigenvalue weighted by Crippen LogP contribution is -1.86. The summed E-state index contributed by atoms with van der Waals surface area (Å²) in [7, 11) is 0. The molecule has 0 saturated carbocycles. The number of aromatic nitrogens is 1. The molecule has 0 aliphatic heterocycles. The van der Waals surface area contributed by atoms with E-state index in [9.17, 15) is 9.50 Å². The fourth-order valence-corrected chi connectivity index (χ4v) is 1.37. The molecule has 0 aliphatic carbocycles. The molecule has 2 rings (SSSR count). The van der Waals surface area contributed by atoms with Crippen LogP contribution >= 0.6 is 0 Å². The smallest absolute Gasteiger partial charge is 0.165 e. The minimum atomic E-state index is -0.599. The number of fused-ring (bicyclic) bond motifs is 1. The van der Waals surface area contributed by atoms with E-state index in [0.717, 1.165) is 5.56 Å². The third-order valence-electron chi connectivity index (χ3n) is 2.01. The molecule has 0 atom stereocenters. The number of benzene rings is 1. The van der Waals surface area contributed by atoms with Crippen LogP contribution in [0, 0.1) is 12.7 Å². The summed E-state index contributed by atoms with van der Waals surface area (Å²) in [6.45, 7) is 1.76. The van der Waals surface area contributed by atoms with E-state index in [-0.39, 0.29) is 5.75 Å². The maximum absolute atomic E-state index is 13.0. The van der Waals surface area contributed by atoms with Crippen LogP contribution in [0.5, 0.6) is 5.75 Å². The topological polar surface area (TPSA) is 33.1 Å². The van der Waals surface area contributed by atoms with Crippen molar-refractivity contribution in [1.29, 1.82) is 0 Å². The molecule has 2 aromatic rings. The van der Waals surface area contributed by atoms with Crippen LogP contribution in [0.15, 0.2) is 24.4 Å². The number of aryl methyl sites for hydroxylation is 1. The highest BCUT2D eigenvalue weighted by molar-refractivity contribution is 5.87. The van der Waals surface area contributed by atoms with Crippen LogP contribution in [-0.4, -0.2) is 10.1 Å².